The normalized spacial score (nSPS) is 20.1. The molecule has 3 rings (SSSR count). The number of phenolic OH excluding ortho intramolecular Hbond substituents is 1. The lowest BCUT2D eigenvalue weighted by Crippen LogP contribution is -2.55. The van der Waals surface area contributed by atoms with Crippen LogP contribution in [0.2, 0.25) is 0 Å². The maximum atomic E-state index is 13.5. The molecular formula is C27H40N6O7. The lowest BCUT2D eigenvalue weighted by atomic mass is 10.1. The highest BCUT2D eigenvalue weighted by atomic mass is 16.4. The fourth-order valence-electron chi connectivity index (χ4n) is 5.21. The van der Waals surface area contributed by atoms with Gasteiger partial charge in [0, 0.05) is 13.1 Å². The Morgan fingerprint density at radius 2 is 1.62 bits per heavy atom. The third-order valence-electron chi connectivity index (χ3n) is 7.40. The number of unbranched alkanes of at least 4 members (excludes halogenated alkanes) is 1. The number of nitrogens with zero attached hydrogens (tertiary/aromatic N) is 2. The number of carbonyl (C=O) groups is 5. The molecule has 1 aromatic carbocycles. The van der Waals surface area contributed by atoms with Gasteiger partial charge in [0.15, 0.2) is 0 Å². The summed E-state index contributed by atoms with van der Waals surface area (Å²) in [5.41, 5.74) is 12.2. The maximum absolute atomic E-state index is 13.5. The Morgan fingerprint density at radius 3 is 2.27 bits per heavy atom. The molecule has 1 aromatic rings. The lowest BCUT2D eigenvalue weighted by Gasteiger charge is -2.31. The van der Waals surface area contributed by atoms with Gasteiger partial charge in [0.25, 0.3) is 0 Å². The smallest absolute Gasteiger partial charge is 0.326 e. The van der Waals surface area contributed by atoms with Crippen LogP contribution in [0.1, 0.15) is 50.5 Å². The molecule has 0 unspecified atom stereocenters. The van der Waals surface area contributed by atoms with E-state index in [4.69, 9.17) is 11.5 Å². The van der Waals surface area contributed by atoms with Gasteiger partial charge in [-0.1, -0.05) is 12.1 Å². The lowest BCUT2D eigenvalue weighted by molar-refractivity contribution is -0.147. The van der Waals surface area contributed by atoms with Crippen molar-refractivity contribution >= 4 is 29.6 Å². The molecule has 40 heavy (non-hydrogen) atoms. The van der Waals surface area contributed by atoms with Crippen LogP contribution in [0, 0.1) is 0 Å². The molecule has 2 heterocycles. The number of nitrogens with two attached hydrogens (primary N) is 2. The zero-order valence-corrected chi connectivity index (χ0v) is 22.6. The van der Waals surface area contributed by atoms with E-state index >= 15 is 0 Å². The summed E-state index contributed by atoms with van der Waals surface area (Å²) < 4.78 is 0. The van der Waals surface area contributed by atoms with Crippen molar-refractivity contribution in [1.82, 2.24) is 20.4 Å². The van der Waals surface area contributed by atoms with E-state index in [0.29, 0.717) is 58.2 Å². The van der Waals surface area contributed by atoms with Crippen LogP contribution in [0.15, 0.2) is 24.3 Å². The first-order chi connectivity index (χ1) is 19.1. The summed E-state index contributed by atoms with van der Waals surface area (Å²) in [5, 5.41) is 24.0. The molecule has 2 aliphatic rings. The molecule has 2 aliphatic heterocycles. The first-order valence-corrected chi connectivity index (χ1v) is 13.8. The van der Waals surface area contributed by atoms with E-state index in [1.807, 2.05) is 0 Å². The van der Waals surface area contributed by atoms with E-state index in [1.54, 1.807) is 12.1 Å². The second kappa shape index (κ2) is 14.6. The van der Waals surface area contributed by atoms with Crippen molar-refractivity contribution < 1.29 is 34.2 Å². The molecular weight excluding hydrogens is 520 g/mol. The van der Waals surface area contributed by atoms with Gasteiger partial charge in [0.2, 0.25) is 23.6 Å². The van der Waals surface area contributed by atoms with Gasteiger partial charge in [-0.25, -0.2) is 4.79 Å². The Labute approximate surface area is 233 Å². The van der Waals surface area contributed by atoms with Crippen molar-refractivity contribution in [3.8, 4) is 5.75 Å². The summed E-state index contributed by atoms with van der Waals surface area (Å²) >= 11 is 0. The zero-order valence-electron chi connectivity index (χ0n) is 22.6. The number of nitrogens with one attached hydrogen (secondary N) is 2. The summed E-state index contributed by atoms with van der Waals surface area (Å²) in [7, 11) is 0. The van der Waals surface area contributed by atoms with Gasteiger partial charge in [-0.15, -0.1) is 0 Å². The Morgan fingerprint density at radius 1 is 0.975 bits per heavy atom. The van der Waals surface area contributed by atoms with E-state index in [-0.39, 0.29) is 31.0 Å². The second-order valence-corrected chi connectivity index (χ2v) is 10.3. The average Bonchev–Trinajstić information content (AvgIpc) is 3.62. The minimum atomic E-state index is -1.14. The third-order valence-corrected chi connectivity index (χ3v) is 7.40. The molecule has 0 aliphatic carbocycles. The van der Waals surface area contributed by atoms with Crippen LogP contribution in [0.5, 0.6) is 5.75 Å². The average molecular weight is 561 g/mol. The number of hydrogen-bond acceptors (Lipinski definition) is 8. The molecule has 0 spiro atoms. The highest BCUT2D eigenvalue weighted by Gasteiger charge is 2.42. The van der Waals surface area contributed by atoms with Crippen LogP contribution >= 0.6 is 0 Å². The van der Waals surface area contributed by atoms with E-state index in [1.165, 1.54) is 21.9 Å². The van der Waals surface area contributed by atoms with Crippen molar-refractivity contribution in [2.75, 3.05) is 26.2 Å². The molecule has 0 radical (unpaired) electrons. The predicted molar refractivity (Wildman–Crippen MR) is 145 cm³/mol. The van der Waals surface area contributed by atoms with Gasteiger partial charge in [0.05, 0.1) is 12.6 Å². The number of carboxylic acids is 1. The first-order valence-electron chi connectivity index (χ1n) is 13.8. The fourth-order valence-corrected chi connectivity index (χ4v) is 5.21. The Kier molecular flexibility index (Phi) is 11.3. The Hall–Kier alpha value is -3.71. The van der Waals surface area contributed by atoms with E-state index in [2.05, 4.69) is 10.6 Å². The molecule has 4 atom stereocenters. The quantitative estimate of drug-likeness (QED) is 0.164. The standard InChI is InChI=1S/C27H40N6O7/c28-12-2-1-5-20(27(39)40)31-25(37)21-6-3-14-33(21)26(38)22-7-4-13-32(22)23(35)16-30-24(36)19(29)15-17-8-10-18(34)11-9-17/h8-11,19-22,34H,1-7,12-16,28-29H2,(H,30,36)(H,31,37)(H,39,40)/t19-,20-,21-,22-/m0/s1. The molecule has 2 saturated heterocycles. The van der Waals surface area contributed by atoms with Gasteiger partial charge < -0.3 is 42.1 Å². The summed E-state index contributed by atoms with van der Waals surface area (Å²) in [4.78, 5) is 66.4. The molecule has 0 aromatic heterocycles. The van der Waals surface area contributed by atoms with Crippen molar-refractivity contribution in [3.05, 3.63) is 29.8 Å². The minimum absolute atomic E-state index is 0.103. The molecule has 8 N–H and O–H groups in total. The fraction of sp³-hybridized carbons (Fsp3) is 0.593. The summed E-state index contributed by atoms with van der Waals surface area (Å²) in [6.07, 6.45) is 3.69. The maximum Gasteiger partial charge on any atom is 0.326 e. The summed E-state index contributed by atoms with van der Waals surface area (Å²) in [6, 6.07) is 2.77. The van der Waals surface area contributed by atoms with Crippen LogP contribution in [-0.2, 0) is 30.4 Å². The van der Waals surface area contributed by atoms with Gasteiger partial charge in [-0.05, 0) is 75.6 Å². The van der Waals surface area contributed by atoms with Crippen LogP contribution in [0.3, 0.4) is 0 Å². The van der Waals surface area contributed by atoms with Crippen LogP contribution in [0.25, 0.3) is 0 Å². The molecule has 220 valence electrons. The minimum Gasteiger partial charge on any atom is -0.508 e. The molecule has 0 saturated carbocycles. The van der Waals surface area contributed by atoms with Crippen molar-refractivity contribution in [1.29, 1.82) is 0 Å². The number of aliphatic carboxylic acids is 1. The SMILES string of the molecule is NCCCC[C@H](NC(=O)[C@@H]1CCCN1C(=O)[C@@H]1CCCN1C(=O)CNC(=O)[C@@H](N)Cc1ccc(O)cc1)C(=O)O. The second-order valence-electron chi connectivity index (χ2n) is 10.3. The molecule has 13 nitrogen and oxygen atoms in total. The van der Waals surface area contributed by atoms with Crippen LogP contribution < -0.4 is 22.1 Å². The summed E-state index contributed by atoms with van der Waals surface area (Å²) in [6.45, 7) is 0.789. The highest BCUT2D eigenvalue weighted by Crippen LogP contribution is 2.25. The van der Waals surface area contributed by atoms with Crippen molar-refractivity contribution in [2.24, 2.45) is 11.5 Å². The van der Waals surface area contributed by atoms with Crippen LogP contribution in [-0.4, -0.2) is 100.0 Å². The number of carboxylic acid groups (broad SMARTS) is 1. The number of amides is 4. The monoisotopic (exact) mass is 560 g/mol. The van der Waals surface area contributed by atoms with E-state index in [9.17, 15) is 34.2 Å². The molecule has 13 heteroatoms. The number of carbonyl (C=O) groups excluding carboxylic acids is 4. The van der Waals surface area contributed by atoms with E-state index < -0.39 is 47.9 Å². The summed E-state index contributed by atoms with van der Waals surface area (Å²) in [5.74, 6) is -2.85. The zero-order chi connectivity index (χ0) is 29.2. The van der Waals surface area contributed by atoms with Crippen molar-refractivity contribution in [2.45, 2.75) is 75.5 Å². The van der Waals surface area contributed by atoms with Gasteiger partial charge >= 0.3 is 5.97 Å². The molecule has 2 fully saturated rings. The number of likely N-dealkylation sites (tertiary alicyclic amines) is 2. The third kappa shape index (κ3) is 8.15. The molecule has 0 bridgehead atoms. The van der Waals surface area contributed by atoms with Gasteiger partial charge in [0.1, 0.15) is 23.9 Å². The number of benzene rings is 1. The first kappa shape index (κ1) is 30.8. The van der Waals surface area contributed by atoms with E-state index in [0.717, 1.165) is 5.56 Å². The van der Waals surface area contributed by atoms with Crippen molar-refractivity contribution in [3.63, 3.8) is 0 Å². The Bertz CT molecular complexity index is 1070. The number of aromatic hydroxyl groups is 1. The topological polar surface area (TPSA) is 208 Å². The van der Waals surface area contributed by atoms with Gasteiger partial charge in [-0.2, -0.15) is 0 Å². The van der Waals surface area contributed by atoms with Gasteiger partial charge in [-0.3, -0.25) is 19.2 Å². The number of hydrogen-bond donors (Lipinski definition) is 6. The predicted octanol–water partition coefficient (Wildman–Crippen LogP) is -0.941. The van der Waals surface area contributed by atoms with Crippen LogP contribution in [0.4, 0.5) is 0 Å². The number of rotatable bonds is 13. The molecule has 4 amide bonds. The number of phenols is 1. The largest absolute Gasteiger partial charge is 0.508 e. The Balaban J connectivity index is 1.55. The highest BCUT2D eigenvalue weighted by molar-refractivity contribution is 5.95.